The predicted octanol–water partition coefficient (Wildman–Crippen LogP) is 4.82. The Kier molecular flexibility index (Phi) is 3.77. The van der Waals surface area contributed by atoms with Gasteiger partial charge in [0.1, 0.15) is 17.2 Å². The second-order valence-corrected chi connectivity index (χ2v) is 6.36. The molecule has 4 rings (SSSR count). The van der Waals surface area contributed by atoms with Gasteiger partial charge in [-0.05, 0) is 42.3 Å². The van der Waals surface area contributed by atoms with Crippen LogP contribution in [0.1, 0.15) is 5.56 Å². The van der Waals surface area contributed by atoms with Crippen LogP contribution in [0.4, 0.5) is 16.0 Å². The van der Waals surface area contributed by atoms with Crippen molar-refractivity contribution in [2.45, 2.75) is 6.92 Å². The first-order valence-electron chi connectivity index (χ1n) is 7.80. The fourth-order valence-electron chi connectivity index (χ4n) is 2.88. The lowest BCUT2D eigenvalue weighted by Gasteiger charge is -2.08. The van der Waals surface area contributed by atoms with Gasteiger partial charge in [0.25, 0.3) is 0 Å². The van der Waals surface area contributed by atoms with Crippen LogP contribution >= 0.6 is 11.6 Å². The Hall–Kier alpha value is -3.12. The summed E-state index contributed by atoms with van der Waals surface area (Å²) < 4.78 is 19.2. The normalized spacial score (nSPS) is 11.2. The van der Waals surface area contributed by atoms with E-state index in [4.69, 9.17) is 27.5 Å². The van der Waals surface area contributed by atoms with Gasteiger partial charge in [-0.1, -0.05) is 17.7 Å². The van der Waals surface area contributed by atoms with E-state index in [1.165, 1.54) is 12.1 Å². The van der Waals surface area contributed by atoms with Crippen molar-refractivity contribution in [1.29, 1.82) is 0 Å². The molecule has 130 valence electrons. The molecule has 0 atom stereocenters. The Morgan fingerprint density at radius 1 is 1.12 bits per heavy atom. The standard InChI is InChI=1S/C19H14ClFN4O/c1-9-4-5-24-14(6-9)17-18-15(16(22)19(23)26-18)11(8-25-17)10-2-3-13(21)12(20)7-10/h2-8H,22-23H2,1H3. The molecule has 0 saturated heterocycles. The number of hydrogen-bond acceptors (Lipinski definition) is 5. The molecule has 3 heterocycles. The van der Waals surface area contributed by atoms with Crippen molar-refractivity contribution in [2.75, 3.05) is 11.5 Å². The minimum atomic E-state index is -0.500. The molecule has 3 aromatic heterocycles. The molecule has 0 aliphatic carbocycles. The van der Waals surface area contributed by atoms with Crippen LogP contribution in [0.5, 0.6) is 0 Å². The van der Waals surface area contributed by atoms with Gasteiger partial charge in [0, 0.05) is 18.0 Å². The molecule has 4 N–H and O–H groups in total. The predicted molar refractivity (Wildman–Crippen MR) is 101 cm³/mol. The maximum absolute atomic E-state index is 13.5. The van der Waals surface area contributed by atoms with Gasteiger partial charge in [0.05, 0.1) is 16.1 Å². The van der Waals surface area contributed by atoms with Crippen LogP contribution in [-0.4, -0.2) is 9.97 Å². The smallest absolute Gasteiger partial charge is 0.215 e. The fraction of sp³-hybridized carbons (Fsp3) is 0.0526. The number of rotatable bonds is 2. The van der Waals surface area contributed by atoms with Crippen molar-refractivity contribution in [2.24, 2.45) is 0 Å². The molecule has 0 amide bonds. The average molecular weight is 369 g/mol. The molecule has 0 bridgehead atoms. The number of benzene rings is 1. The van der Waals surface area contributed by atoms with Crippen molar-refractivity contribution in [3.05, 3.63) is 59.1 Å². The van der Waals surface area contributed by atoms with Crippen LogP contribution in [0.2, 0.25) is 5.02 Å². The van der Waals surface area contributed by atoms with E-state index in [-0.39, 0.29) is 10.9 Å². The molecule has 0 radical (unpaired) electrons. The van der Waals surface area contributed by atoms with E-state index >= 15 is 0 Å². The van der Waals surface area contributed by atoms with Crippen LogP contribution < -0.4 is 11.5 Å². The van der Waals surface area contributed by atoms with Crippen molar-refractivity contribution >= 4 is 34.1 Å². The molecule has 0 fully saturated rings. The Morgan fingerprint density at radius 3 is 2.65 bits per heavy atom. The Morgan fingerprint density at radius 2 is 1.92 bits per heavy atom. The maximum Gasteiger partial charge on any atom is 0.215 e. The quantitative estimate of drug-likeness (QED) is 0.529. The molecule has 0 aliphatic heterocycles. The van der Waals surface area contributed by atoms with Crippen LogP contribution in [0.3, 0.4) is 0 Å². The molecule has 4 aromatic rings. The highest BCUT2D eigenvalue weighted by Crippen LogP contribution is 2.41. The summed E-state index contributed by atoms with van der Waals surface area (Å²) in [7, 11) is 0. The highest BCUT2D eigenvalue weighted by atomic mass is 35.5. The monoisotopic (exact) mass is 368 g/mol. The summed E-state index contributed by atoms with van der Waals surface area (Å²) >= 11 is 5.92. The van der Waals surface area contributed by atoms with Gasteiger partial charge >= 0.3 is 0 Å². The number of anilines is 2. The third-order valence-corrected chi connectivity index (χ3v) is 4.46. The van der Waals surface area contributed by atoms with Crippen molar-refractivity contribution in [3.63, 3.8) is 0 Å². The number of nitrogen functional groups attached to an aromatic ring is 2. The molecule has 0 spiro atoms. The number of halogens is 2. The van der Waals surface area contributed by atoms with E-state index in [1.807, 2.05) is 19.1 Å². The van der Waals surface area contributed by atoms with Gasteiger partial charge in [0.2, 0.25) is 5.88 Å². The van der Waals surface area contributed by atoms with Crippen LogP contribution in [0.15, 0.2) is 47.1 Å². The molecular weight excluding hydrogens is 355 g/mol. The summed E-state index contributed by atoms with van der Waals surface area (Å²) in [5.41, 5.74) is 16.3. The van der Waals surface area contributed by atoms with Crippen molar-refractivity contribution in [3.8, 4) is 22.5 Å². The first kappa shape index (κ1) is 16.4. The molecule has 0 aliphatic rings. The summed E-state index contributed by atoms with van der Waals surface area (Å²) in [6.45, 7) is 1.96. The van der Waals surface area contributed by atoms with E-state index in [0.717, 1.165) is 5.56 Å². The highest BCUT2D eigenvalue weighted by Gasteiger charge is 2.20. The third kappa shape index (κ3) is 2.55. The largest absolute Gasteiger partial charge is 0.436 e. The zero-order chi connectivity index (χ0) is 18.4. The molecular formula is C19H14ClFN4O. The van der Waals surface area contributed by atoms with E-state index in [2.05, 4.69) is 9.97 Å². The zero-order valence-electron chi connectivity index (χ0n) is 13.8. The number of nitrogens with zero attached hydrogens (tertiary/aromatic N) is 2. The van der Waals surface area contributed by atoms with Crippen LogP contribution in [0, 0.1) is 12.7 Å². The van der Waals surface area contributed by atoms with Gasteiger partial charge < -0.3 is 15.9 Å². The molecule has 5 nitrogen and oxygen atoms in total. The summed E-state index contributed by atoms with van der Waals surface area (Å²) in [5, 5.41) is 0.605. The Labute approximate surface area is 153 Å². The van der Waals surface area contributed by atoms with Crippen molar-refractivity contribution in [1.82, 2.24) is 9.97 Å². The zero-order valence-corrected chi connectivity index (χ0v) is 14.5. The number of pyridine rings is 2. The summed E-state index contributed by atoms with van der Waals surface area (Å²) in [4.78, 5) is 8.85. The number of aromatic nitrogens is 2. The van der Waals surface area contributed by atoms with Crippen LogP contribution in [0.25, 0.3) is 33.5 Å². The number of nitrogens with two attached hydrogens (primary N) is 2. The van der Waals surface area contributed by atoms with Gasteiger partial charge in [-0.2, -0.15) is 0 Å². The van der Waals surface area contributed by atoms with Crippen molar-refractivity contribution < 1.29 is 8.81 Å². The number of aryl methyl sites for hydroxylation is 1. The van der Waals surface area contributed by atoms with Gasteiger partial charge in [-0.3, -0.25) is 4.98 Å². The first-order chi connectivity index (χ1) is 12.5. The SMILES string of the molecule is Cc1ccnc(-c2ncc(-c3ccc(F)c(Cl)c3)c3c(N)c(N)oc23)c1. The van der Waals surface area contributed by atoms with E-state index in [0.29, 0.717) is 39.2 Å². The molecule has 7 heteroatoms. The Bertz CT molecular complexity index is 1160. The number of fused-ring (bicyclic) bond motifs is 1. The fourth-order valence-corrected chi connectivity index (χ4v) is 3.06. The van der Waals surface area contributed by atoms with Crippen LogP contribution in [-0.2, 0) is 0 Å². The van der Waals surface area contributed by atoms with E-state index < -0.39 is 5.82 Å². The van der Waals surface area contributed by atoms with Gasteiger partial charge in [-0.25, -0.2) is 9.37 Å². The van der Waals surface area contributed by atoms with E-state index in [1.54, 1.807) is 18.5 Å². The average Bonchev–Trinajstić information content (AvgIpc) is 2.92. The molecule has 26 heavy (non-hydrogen) atoms. The summed E-state index contributed by atoms with van der Waals surface area (Å²) in [6, 6.07) is 8.19. The number of furan rings is 1. The molecule has 0 unspecified atom stereocenters. The molecule has 1 aromatic carbocycles. The minimum Gasteiger partial charge on any atom is -0.436 e. The summed E-state index contributed by atoms with van der Waals surface area (Å²) in [6.07, 6.45) is 3.33. The second-order valence-electron chi connectivity index (χ2n) is 5.95. The lowest BCUT2D eigenvalue weighted by atomic mass is 10.0. The lowest BCUT2D eigenvalue weighted by Crippen LogP contribution is -1.93. The summed E-state index contributed by atoms with van der Waals surface area (Å²) in [5.74, 6) is -0.406. The topological polar surface area (TPSA) is 91.0 Å². The minimum absolute atomic E-state index is 0.00937. The number of hydrogen-bond donors (Lipinski definition) is 2. The van der Waals surface area contributed by atoms with Gasteiger partial charge in [-0.15, -0.1) is 0 Å². The first-order valence-corrected chi connectivity index (χ1v) is 8.18. The van der Waals surface area contributed by atoms with Gasteiger partial charge in [0.15, 0.2) is 5.58 Å². The lowest BCUT2D eigenvalue weighted by molar-refractivity contribution is 0.628. The van der Waals surface area contributed by atoms with E-state index in [9.17, 15) is 4.39 Å². The Balaban J connectivity index is 2.03. The maximum atomic E-state index is 13.5. The highest BCUT2D eigenvalue weighted by molar-refractivity contribution is 6.31. The third-order valence-electron chi connectivity index (χ3n) is 4.17. The second kappa shape index (κ2) is 6.00. The molecule has 0 saturated carbocycles.